The fourth-order valence-corrected chi connectivity index (χ4v) is 20.6. The zero-order chi connectivity index (χ0) is 49.5. The van der Waals surface area contributed by atoms with Gasteiger partial charge in [-0.05, 0) is 161 Å². The van der Waals surface area contributed by atoms with Crippen LogP contribution >= 0.6 is 11.8 Å². The van der Waals surface area contributed by atoms with E-state index in [1.807, 2.05) is 74.0 Å². The van der Waals surface area contributed by atoms with E-state index in [-0.39, 0.29) is 40.8 Å². The molecule has 9 nitrogen and oxygen atoms in total. The summed E-state index contributed by atoms with van der Waals surface area (Å²) in [4.78, 5) is 13.8. The third-order valence-electron chi connectivity index (χ3n) is 18.1. The molecule has 67 heavy (non-hydrogen) atoms. The van der Waals surface area contributed by atoms with Gasteiger partial charge in [-0.15, -0.1) is 11.8 Å². The molecule has 0 amide bonds. The van der Waals surface area contributed by atoms with E-state index < -0.39 is 31.5 Å². The molecule has 1 N–H and O–H groups in total. The Balaban J connectivity index is 1.37. The van der Waals surface area contributed by atoms with Crippen LogP contribution in [0.5, 0.6) is 0 Å². The van der Waals surface area contributed by atoms with Gasteiger partial charge in [0.1, 0.15) is 18.4 Å². The van der Waals surface area contributed by atoms with Crippen LogP contribution in [0.2, 0.25) is 16.6 Å². The molecule has 4 aliphatic carbocycles. The van der Waals surface area contributed by atoms with Crippen LogP contribution in [0.3, 0.4) is 0 Å². The molecule has 374 valence electrons. The summed E-state index contributed by atoms with van der Waals surface area (Å²) in [7, 11) is 3.84. The maximum Gasteiger partial charge on any atom is 0.311 e. The summed E-state index contributed by atoms with van der Waals surface area (Å²) in [6.45, 7) is 36.3. The number of allylic oxidation sites excluding steroid dienone is 1. The fourth-order valence-electron chi connectivity index (χ4n) is 14.9. The molecule has 7 rings (SSSR count). The Morgan fingerprint density at radius 1 is 1.06 bits per heavy atom. The summed E-state index contributed by atoms with van der Waals surface area (Å²) in [6.07, 6.45) is 7.03. The number of aliphatic hydroxyl groups is 1. The minimum absolute atomic E-state index is 0.115. The first kappa shape index (κ1) is 52.4. The van der Waals surface area contributed by atoms with Crippen LogP contribution in [0.4, 0.5) is 0 Å². The van der Waals surface area contributed by atoms with Crippen molar-refractivity contribution in [1.29, 1.82) is 0 Å². The van der Waals surface area contributed by atoms with Crippen molar-refractivity contribution in [3.05, 3.63) is 58.3 Å². The third kappa shape index (κ3) is 8.69. The number of esters is 1. The van der Waals surface area contributed by atoms with Gasteiger partial charge in [0, 0.05) is 62.1 Å². The summed E-state index contributed by atoms with van der Waals surface area (Å²) >= 11 is 1.61. The number of hydrogen-bond acceptors (Lipinski definition) is 9. The first-order valence-corrected chi connectivity index (χ1v) is 29.2. The van der Waals surface area contributed by atoms with Gasteiger partial charge in [0.15, 0.2) is 8.32 Å². The Kier molecular flexibility index (Phi) is 14.8. The largest absolute Gasteiger partial charge is 0.458 e. The summed E-state index contributed by atoms with van der Waals surface area (Å²) in [5, 5.41) is 20.3. The molecule has 0 radical (unpaired) electrons. The third-order valence-corrected chi connectivity index (χ3v) is 24.6. The smallest absolute Gasteiger partial charge is 0.311 e. The van der Waals surface area contributed by atoms with Gasteiger partial charge in [-0.1, -0.05) is 73.6 Å². The van der Waals surface area contributed by atoms with Crippen LogP contribution < -0.4 is 0 Å². The molecule has 2 saturated carbocycles. The van der Waals surface area contributed by atoms with Gasteiger partial charge in [-0.3, -0.25) is 4.79 Å². The van der Waals surface area contributed by atoms with Gasteiger partial charge < -0.3 is 33.3 Å². The molecule has 2 aromatic rings. The molecule has 0 saturated heterocycles. The van der Waals surface area contributed by atoms with Gasteiger partial charge >= 0.3 is 5.97 Å². The van der Waals surface area contributed by atoms with Crippen LogP contribution in [0.1, 0.15) is 164 Å². The van der Waals surface area contributed by atoms with E-state index in [0.29, 0.717) is 40.8 Å². The second-order valence-electron chi connectivity index (χ2n) is 24.6. The quantitative estimate of drug-likeness (QED) is 0.0551. The number of carbonyl (C=O) groups is 1. The van der Waals surface area contributed by atoms with Gasteiger partial charge in [-0.25, -0.2) is 0 Å². The van der Waals surface area contributed by atoms with Crippen molar-refractivity contribution in [3.63, 3.8) is 0 Å². The molecule has 1 aliphatic heterocycles. The monoisotopic (exact) mass is 960 g/mol. The molecular formula is C56H89N3O6SSi. The predicted molar refractivity (Wildman–Crippen MR) is 280 cm³/mol. The number of ether oxygens (including phenoxy) is 3. The van der Waals surface area contributed by atoms with E-state index in [1.54, 1.807) is 11.8 Å². The highest BCUT2D eigenvalue weighted by atomic mass is 32.2. The van der Waals surface area contributed by atoms with Crippen molar-refractivity contribution in [2.45, 2.75) is 194 Å². The Hall–Kier alpha value is -2.41. The molecule has 0 spiro atoms. The number of fused-ring (bicyclic) bond motifs is 11. The normalized spacial score (nSPS) is 30.0. The number of rotatable bonds is 17. The van der Waals surface area contributed by atoms with Crippen LogP contribution in [0.15, 0.2) is 46.6 Å². The highest BCUT2D eigenvalue weighted by Crippen LogP contribution is 2.69. The topological polar surface area (TPSA) is 94.8 Å². The van der Waals surface area contributed by atoms with Gasteiger partial charge in [0.25, 0.3) is 0 Å². The van der Waals surface area contributed by atoms with E-state index in [1.165, 1.54) is 38.9 Å². The molecule has 2 fully saturated rings. The van der Waals surface area contributed by atoms with Crippen LogP contribution in [0.25, 0.3) is 10.9 Å². The zero-order valence-corrected chi connectivity index (χ0v) is 46.7. The number of methoxy groups -OCH3 is 1. The Labute approximate surface area is 410 Å². The molecule has 2 heterocycles. The van der Waals surface area contributed by atoms with Crippen LogP contribution in [-0.2, 0) is 35.3 Å². The SMILES string of the molecule is C=C(C)[C@@H](OCSC)[C@@H](CC1=C2CCC3C(OC)n4c(cc5c6c(ccc54)C[C@H](CO[Si](C(C)C)(C(C)C)C(C)C)[C@H]4C[C@H](C(C)(C)O)[C@@H]64)[C@]3(C)[C@@]2(C)CC/C1=N\N(C)C)OC(=O)C(C)(C)C. The number of nitrogens with zero attached hydrogens (tertiary/aromatic N) is 3. The first-order valence-electron chi connectivity index (χ1n) is 25.7. The number of aromatic nitrogens is 1. The van der Waals surface area contributed by atoms with E-state index in [2.05, 4.69) is 84.7 Å². The predicted octanol–water partition coefficient (Wildman–Crippen LogP) is 13.0. The fraction of sp³-hybridized carbons (Fsp3) is 0.750. The highest BCUT2D eigenvalue weighted by Gasteiger charge is 2.64. The summed E-state index contributed by atoms with van der Waals surface area (Å²) in [6, 6.07) is 7.39. The lowest BCUT2D eigenvalue weighted by Gasteiger charge is -2.57. The minimum Gasteiger partial charge on any atom is -0.458 e. The van der Waals surface area contributed by atoms with E-state index in [9.17, 15) is 9.90 Å². The second-order valence-corrected chi connectivity index (χ2v) is 30.9. The van der Waals surface area contributed by atoms with Crippen LogP contribution in [0, 0.1) is 34.5 Å². The second kappa shape index (κ2) is 19.0. The molecule has 11 heteroatoms. The average molecular weight is 960 g/mol. The Bertz CT molecular complexity index is 2230. The van der Waals surface area contributed by atoms with Crippen molar-refractivity contribution in [2.75, 3.05) is 40.0 Å². The van der Waals surface area contributed by atoms with Gasteiger partial charge in [0.2, 0.25) is 0 Å². The minimum atomic E-state index is -2.06. The van der Waals surface area contributed by atoms with Gasteiger partial charge in [-0.2, -0.15) is 5.10 Å². The lowest BCUT2D eigenvalue weighted by molar-refractivity contribution is -0.164. The van der Waals surface area contributed by atoms with Crippen molar-refractivity contribution < 1.29 is 28.5 Å². The van der Waals surface area contributed by atoms with Crippen molar-refractivity contribution >= 4 is 42.7 Å². The summed E-state index contributed by atoms with van der Waals surface area (Å²) < 4.78 is 29.7. The van der Waals surface area contributed by atoms with E-state index in [0.717, 1.165) is 56.4 Å². The molecule has 0 bridgehead atoms. The number of benzene rings is 1. The maximum atomic E-state index is 13.8. The molecule has 1 aromatic heterocycles. The molecular weight excluding hydrogens is 871 g/mol. The summed E-state index contributed by atoms with van der Waals surface area (Å²) in [5.74, 6) is 1.79. The lowest BCUT2D eigenvalue weighted by Crippen LogP contribution is -2.54. The highest BCUT2D eigenvalue weighted by molar-refractivity contribution is 7.98. The average Bonchev–Trinajstić information content (AvgIpc) is 3.70. The van der Waals surface area contributed by atoms with Crippen LogP contribution in [-0.4, -0.2) is 92.5 Å². The standard InChI is InChI=1S/C56H89N3O6SSi/c1-32(2)50(63-31-66-19)46(65-52(60)53(9,10)11)28-39-41-21-22-42-51(62-18)59-45-23-20-36-26-37(30-64-67(33(3)4,34(5)6)35(7)8)38-27-43(54(12,13)61)49(38)48(36)40(45)29-47(59)56(42,15)55(41,14)25-24-44(39)57-58(16)17/h20,23,29,33-35,37-38,42-43,46,49-51,61H,1,21-22,24-28,30-31H2,2-19H3/b57-44+/t37-,38-,42?,43+,46-,49+,50-,51?,55+,56-/m1/s1. The van der Waals surface area contributed by atoms with E-state index >= 15 is 0 Å². The van der Waals surface area contributed by atoms with Crippen molar-refractivity contribution in [2.24, 2.45) is 39.6 Å². The Morgan fingerprint density at radius 3 is 2.27 bits per heavy atom. The Morgan fingerprint density at radius 2 is 1.72 bits per heavy atom. The number of carbonyl (C=O) groups excluding carboxylic acids is 1. The van der Waals surface area contributed by atoms with E-state index in [4.69, 9.17) is 23.7 Å². The maximum absolute atomic E-state index is 13.8. The van der Waals surface area contributed by atoms with Crippen molar-refractivity contribution in [3.8, 4) is 0 Å². The first-order chi connectivity index (χ1) is 31.2. The number of thioether (sulfide) groups is 1. The number of hydrazone groups is 1. The molecule has 5 aliphatic rings. The number of hydrogen-bond donors (Lipinski definition) is 1. The molecule has 2 unspecified atom stereocenters. The summed E-state index contributed by atoms with van der Waals surface area (Å²) in [5.41, 5.74) is 9.62. The zero-order valence-electron chi connectivity index (χ0n) is 44.9. The molecule has 1 aromatic carbocycles. The van der Waals surface area contributed by atoms with Gasteiger partial charge in [0.05, 0.1) is 28.2 Å². The lowest BCUT2D eigenvalue weighted by atomic mass is 9.47. The van der Waals surface area contributed by atoms with Crippen molar-refractivity contribution in [1.82, 2.24) is 9.58 Å². The molecule has 10 atom stereocenters.